The number of anilines is 1. The highest BCUT2D eigenvalue weighted by Crippen LogP contribution is 2.34. The normalized spacial score (nSPS) is 15.3. The summed E-state index contributed by atoms with van der Waals surface area (Å²) in [5, 5.41) is 13.0. The molecule has 0 spiro atoms. The second-order valence-corrected chi connectivity index (χ2v) is 9.94. The highest BCUT2D eigenvalue weighted by molar-refractivity contribution is 7.99. The third-order valence-electron chi connectivity index (χ3n) is 5.96. The van der Waals surface area contributed by atoms with Crippen molar-refractivity contribution in [2.24, 2.45) is 0 Å². The lowest BCUT2D eigenvalue weighted by molar-refractivity contribution is -0.113. The van der Waals surface area contributed by atoms with Gasteiger partial charge < -0.3 is 14.8 Å². The summed E-state index contributed by atoms with van der Waals surface area (Å²) in [6, 6.07) is 12.7. The van der Waals surface area contributed by atoms with Gasteiger partial charge in [-0.3, -0.25) is 9.59 Å². The summed E-state index contributed by atoms with van der Waals surface area (Å²) in [5.74, 6) is 0.737. The molecule has 1 aliphatic heterocycles. The fraction of sp³-hybridized carbons (Fsp3) is 0.308. The average Bonchev–Trinajstić information content (AvgIpc) is 3.47. The second-order valence-electron chi connectivity index (χ2n) is 8.56. The number of benzene rings is 2. The van der Waals surface area contributed by atoms with Gasteiger partial charge in [0.2, 0.25) is 5.91 Å². The van der Waals surface area contributed by atoms with Gasteiger partial charge >= 0.3 is 0 Å². The summed E-state index contributed by atoms with van der Waals surface area (Å²) in [6.07, 6.45) is 3.45. The Morgan fingerprint density at radius 3 is 2.71 bits per heavy atom. The molecule has 0 aliphatic carbocycles. The maximum atomic E-state index is 13.2. The molecule has 0 saturated carbocycles. The summed E-state index contributed by atoms with van der Waals surface area (Å²) in [5.41, 5.74) is 3.50. The van der Waals surface area contributed by atoms with Crippen molar-refractivity contribution in [3.8, 4) is 0 Å². The quantitative estimate of drug-likeness (QED) is 0.323. The number of hydrogen-bond donors (Lipinski definition) is 1. The SMILES string of the molecule is C=CCn1c(SCC(=O)Nc2cc(C)ccc2C)nnc1C1CCCN1C(=O)c1ccc(Cl)cc1. The van der Waals surface area contributed by atoms with Crippen LogP contribution in [0.3, 0.4) is 0 Å². The van der Waals surface area contributed by atoms with Gasteiger partial charge in [-0.25, -0.2) is 0 Å². The van der Waals surface area contributed by atoms with E-state index in [2.05, 4.69) is 22.1 Å². The van der Waals surface area contributed by atoms with Gasteiger partial charge in [0.1, 0.15) is 0 Å². The molecule has 1 aliphatic rings. The number of likely N-dealkylation sites (tertiary alicyclic amines) is 1. The number of allylic oxidation sites excluding steroid dienone is 1. The van der Waals surface area contributed by atoms with Crippen LogP contribution in [0.25, 0.3) is 0 Å². The topological polar surface area (TPSA) is 80.1 Å². The Hall–Kier alpha value is -3.10. The molecule has 1 atom stereocenters. The van der Waals surface area contributed by atoms with Crippen LogP contribution in [-0.2, 0) is 11.3 Å². The molecular formula is C26H28ClN5O2S. The molecule has 9 heteroatoms. The van der Waals surface area contributed by atoms with Gasteiger partial charge in [-0.2, -0.15) is 0 Å². The Morgan fingerprint density at radius 1 is 1.20 bits per heavy atom. The van der Waals surface area contributed by atoms with Crippen molar-refractivity contribution in [2.75, 3.05) is 17.6 Å². The highest BCUT2D eigenvalue weighted by Gasteiger charge is 2.34. The van der Waals surface area contributed by atoms with E-state index in [1.807, 2.05) is 41.5 Å². The molecular weight excluding hydrogens is 482 g/mol. The predicted molar refractivity (Wildman–Crippen MR) is 140 cm³/mol. The number of halogens is 1. The maximum Gasteiger partial charge on any atom is 0.254 e. The van der Waals surface area contributed by atoms with E-state index < -0.39 is 0 Å². The summed E-state index contributed by atoms with van der Waals surface area (Å²) in [4.78, 5) is 27.7. The van der Waals surface area contributed by atoms with E-state index in [1.165, 1.54) is 11.8 Å². The largest absolute Gasteiger partial charge is 0.328 e. The number of hydrogen-bond acceptors (Lipinski definition) is 5. The monoisotopic (exact) mass is 509 g/mol. The minimum Gasteiger partial charge on any atom is -0.328 e. The van der Waals surface area contributed by atoms with E-state index in [0.29, 0.717) is 34.7 Å². The average molecular weight is 510 g/mol. The van der Waals surface area contributed by atoms with Gasteiger partial charge in [0.25, 0.3) is 5.91 Å². The number of nitrogens with one attached hydrogen (secondary N) is 1. The molecule has 35 heavy (non-hydrogen) atoms. The summed E-state index contributed by atoms with van der Waals surface area (Å²) >= 11 is 7.31. The number of nitrogens with zero attached hydrogens (tertiary/aromatic N) is 4. The van der Waals surface area contributed by atoms with Gasteiger partial charge in [0, 0.05) is 29.4 Å². The van der Waals surface area contributed by atoms with Crippen molar-refractivity contribution in [1.82, 2.24) is 19.7 Å². The Balaban J connectivity index is 1.49. The van der Waals surface area contributed by atoms with E-state index in [1.54, 1.807) is 30.3 Å². The molecule has 2 heterocycles. The molecule has 3 aromatic rings. The Kier molecular flexibility index (Phi) is 7.93. The van der Waals surface area contributed by atoms with Crippen molar-refractivity contribution >= 4 is 40.9 Å². The first-order chi connectivity index (χ1) is 16.9. The molecule has 182 valence electrons. The zero-order chi connectivity index (χ0) is 24.9. The molecule has 1 saturated heterocycles. The first kappa shape index (κ1) is 25.0. The first-order valence-corrected chi connectivity index (χ1v) is 12.8. The zero-order valence-corrected chi connectivity index (χ0v) is 21.4. The van der Waals surface area contributed by atoms with Crippen molar-refractivity contribution in [3.63, 3.8) is 0 Å². The zero-order valence-electron chi connectivity index (χ0n) is 19.8. The molecule has 7 nitrogen and oxygen atoms in total. The number of carbonyl (C=O) groups excluding carboxylic acids is 2. The third-order valence-corrected chi connectivity index (χ3v) is 7.18. The lowest BCUT2D eigenvalue weighted by atomic mass is 10.1. The minimum absolute atomic E-state index is 0.0561. The molecule has 4 rings (SSSR count). The standard InChI is InChI=1S/C26H28ClN5O2S/c1-4-13-32-24(22-6-5-14-31(22)25(34)19-9-11-20(27)12-10-19)29-30-26(32)35-16-23(33)28-21-15-17(2)7-8-18(21)3/h4,7-12,15,22H,1,5-6,13-14,16H2,2-3H3,(H,28,33). The van der Waals surface area contributed by atoms with Gasteiger partial charge in [0.15, 0.2) is 11.0 Å². The van der Waals surface area contributed by atoms with Crippen LogP contribution >= 0.6 is 23.4 Å². The van der Waals surface area contributed by atoms with Crippen LogP contribution in [0.15, 0.2) is 60.3 Å². The van der Waals surface area contributed by atoms with Crippen molar-refractivity contribution in [3.05, 3.63) is 82.7 Å². The molecule has 0 radical (unpaired) electrons. The van der Waals surface area contributed by atoms with Crippen LogP contribution in [0.2, 0.25) is 5.02 Å². The number of amides is 2. The molecule has 0 bridgehead atoms. The number of aromatic nitrogens is 3. The van der Waals surface area contributed by atoms with Crippen LogP contribution in [0.4, 0.5) is 5.69 Å². The number of aryl methyl sites for hydroxylation is 2. The summed E-state index contributed by atoms with van der Waals surface area (Å²) < 4.78 is 1.95. The fourth-order valence-electron chi connectivity index (χ4n) is 4.18. The van der Waals surface area contributed by atoms with E-state index in [4.69, 9.17) is 11.6 Å². The summed E-state index contributed by atoms with van der Waals surface area (Å²) in [7, 11) is 0. The second kappa shape index (κ2) is 11.1. The fourth-order valence-corrected chi connectivity index (χ4v) is 5.06. The first-order valence-electron chi connectivity index (χ1n) is 11.5. The van der Waals surface area contributed by atoms with Crippen LogP contribution in [0.1, 0.15) is 46.2 Å². The van der Waals surface area contributed by atoms with Crippen LogP contribution in [0, 0.1) is 13.8 Å². The van der Waals surface area contributed by atoms with Crippen molar-refractivity contribution in [2.45, 2.75) is 44.4 Å². The van der Waals surface area contributed by atoms with Gasteiger partial charge in [-0.05, 0) is 68.1 Å². The molecule has 1 aromatic heterocycles. The van der Waals surface area contributed by atoms with E-state index >= 15 is 0 Å². The van der Waals surface area contributed by atoms with Gasteiger partial charge in [-0.1, -0.05) is 41.6 Å². The van der Waals surface area contributed by atoms with E-state index in [9.17, 15) is 9.59 Å². The minimum atomic E-state index is -0.191. The molecule has 2 amide bonds. The molecule has 1 fully saturated rings. The smallest absolute Gasteiger partial charge is 0.254 e. The van der Waals surface area contributed by atoms with Crippen LogP contribution < -0.4 is 5.32 Å². The molecule has 1 N–H and O–H groups in total. The lowest BCUT2D eigenvalue weighted by Gasteiger charge is -2.24. The van der Waals surface area contributed by atoms with Crippen LogP contribution in [0.5, 0.6) is 0 Å². The van der Waals surface area contributed by atoms with E-state index in [0.717, 1.165) is 29.7 Å². The van der Waals surface area contributed by atoms with Crippen molar-refractivity contribution < 1.29 is 9.59 Å². The number of thioether (sulfide) groups is 1. The van der Waals surface area contributed by atoms with Gasteiger partial charge in [-0.15, -0.1) is 16.8 Å². The maximum absolute atomic E-state index is 13.2. The van der Waals surface area contributed by atoms with Gasteiger partial charge in [0.05, 0.1) is 11.8 Å². The molecule has 2 aromatic carbocycles. The Labute approximate surface area is 214 Å². The van der Waals surface area contributed by atoms with Crippen molar-refractivity contribution in [1.29, 1.82) is 0 Å². The van der Waals surface area contributed by atoms with E-state index in [-0.39, 0.29) is 23.6 Å². The highest BCUT2D eigenvalue weighted by atomic mass is 35.5. The number of carbonyl (C=O) groups is 2. The summed E-state index contributed by atoms with van der Waals surface area (Å²) in [6.45, 7) is 8.96. The Morgan fingerprint density at radius 2 is 1.97 bits per heavy atom. The Bertz CT molecular complexity index is 1240. The third kappa shape index (κ3) is 5.77. The number of rotatable bonds is 8. The lowest BCUT2D eigenvalue weighted by Crippen LogP contribution is -2.32. The molecule has 1 unspecified atom stereocenters. The van der Waals surface area contributed by atoms with Crippen LogP contribution in [-0.4, -0.2) is 43.8 Å². The predicted octanol–water partition coefficient (Wildman–Crippen LogP) is 5.44.